The molecule has 1 atom stereocenters. The predicted molar refractivity (Wildman–Crippen MR) is 72.3 cm³/mol. The van der Waals surface area contributed by atoms with Crippen LogP contribution in [0.4, 0.5) is 8.78 Å². The maximum Gasteiger partial charge on any atom is 0.306 e. The van der Waals surface area contributed by atoms with E-state index in [1.807, 2.05) is 0 Å². The number of carboxylic acid groups (broad SMARTS) is 1. The van der Waals surface area contributed by atoms with Gasteiger partial charge in [0.1, 0.15) is 11.6 Å². The van der Waals surface area contributed by atoms with E-state index in [4.69, 9.17) is 5.11 Å². The average Bonchev–Trinajstić information content (AvgIpc) is 2.42. The van der Waals surface area contributed by atoms with Gasteiger partial charge in [-0.3, -0.25) is 4.79 Å². The molecule has 0 heterocycles. The number of aliphatic carboxylic acids is 1. The number of carbonyl (C=O) groups is 1. The average molecular weight is 276 g/mol. The van der Waals surface area contributed by atoms with Crippen LogP contribution in [0.5, 0.6) is 0 Å². The monoisotopic (exact) mass is 276 g/mol. The van der Waals surface area contributed by atoms with Gasteiger partial charge in [0, 0.05) is 0 Å². The van der Waals surface area contributed by atoms with E-state index >= 15 is 0 Å². The molecule has 20 heavy (non-hydrogen) atoms. The Labute approximate surface area is 115 Å². The minimum Gasteiger partial charge on any atom is -0.481 e. The first-order valence-corrected chi connectivity index (χ1v) is 6.24. The van der Waals surface area contributed by atoms with Crippen molar-refractivity contribution in [3.05, 3.63) is 59.7 Å². The van der Waals surface area contributed by atoms with E-state index < -0.39 is 17.7 Å². The summed E-state index contributed by atoms with van der Waals surface area (Å²) in [6, 6.07) is 10.4. The standard InChI is InChI=1S/C16H14F2O2/c1-10(16(19)20)8-13-9-12(4-7-15(13)18)11-2-5-14(17)6-3-11/h2-7,9-10H,8H2,1H3,(H,19,20). The smallest absolute Gasteiger partial charge is 0.306 e. The number of carboxylic acids is 1. The summed E-state index contributed by atoms with van der Waals surface area (Å²) in [5.41, 5.74) is 1.84. The van der Waals surface area contributed by atoms with Crippen molar-refractivity contribution in [3.8, 4) is 11.1 Å². The van der Waals surface area contributed by atoms with Crippen LogP contribution in [0.3, 0.4) is 0 Å². The molecule has 0 radical (unpaired) electrons. The summed E-state index contributed by atoms with van der Waals surface area (Å²) in [5.74, 6) is -2.39. The van der Waals surface area contributed by atoms with E-state index in [-0.39, 0.29) is 12.2 Å². The second-order valence-electron chi connectivity index (χ2n) is 4.76. The van der Waals surface area contributed by atoms with E-state index in [0.29, 0.717) is 5.56 Å². The van der Waals surface area contributed by atoms with Crippen molar-refractivity contribution >= 4 is 5.97 Å². The maximum absolute atomic E-state index is 13.7. The predicted octanol–water partition coefficient (Wildman–Crippen LogP) is 3.90. The summed E-state index contributed by atoms with van der Waals surface area (Å²) >= 11 is 0. The number of halogens is 2. The highest BCUT2D eigenvalue weighted by molar-refractivity contribution is 5.70. The van der Waals surface area contributed by atoms with Crippen LogP contribution in [0, 0.1) is 17.6 Å². The summed E-state index contributed by atoms with van der Waals surface area (Å²) in [6.45, 7) is 1.53. The Morgan fingerprint density at radius 3 is 2.30 bits per heavy atom. The Morgan fingerprint density at radius 2 is 1.70 bits per heavy atom. The number of hydrogen-bond donors (Lipinski definition) is 1. The fraction of sp³-hybridized carbons (Fsp3) is 0.188. The molecule has 0 bridgehead atoms. The topological polar surface area (TPSA) is 37.3 Å². The number of rotatable bonds is 4. The molecule has 2 rings (SSSR count). The Hall–Kier alpha value is -2.23. The lowest BCUT2D eigenvalue weighted by atomic mass is 9.96. The summed E-state index contributed by atoms with van der Waals surface area (Å²) in [5, 5.41) is 8.89. The highest BCUT2D eigenvalue weighted by atomic mass is 19.1. The van der Waals surface area contributed by atoms with Gasteiger partial charge in [0.05, 0.1) is 5.92 Å². The zero-order chi connectivity index (χ0) is 14.7. The molecule has 2 nitrogen and oxygen atoms in total. The second-order valence-corrected chi connectivity index (χ2v) is 4.76. The largest absolute Gasteiger partial charge is 0.481 e. The van der Waals surface area contributed by atoms with Crippen molar-refractivity contribution in [3.63, 3.8) is 0 Å². The Balaban J connectivity index is 2.33. The minimum atomic E-state index is -0.961. The molecule has 0 aliphatic carbocycles. The Morgan fingerprint density at radius 1 is 1.10 bits per heavy atom. The van der Waals surface area contributed by atoms with Gasteiger partial charge < -0.3 is 5.11 Å². The third-order valence-corrected chi connectivity index (χ3v) is 3.17. The van der Waals surface area contributed by atoms with Crippen LogP contribution < -0.4 is 0 Å². The Bertz CT molecular complexity index is 621. The van der Waals surface area contributed by atoms with Gasteiger partial charge in [0.15, 0.2) is 0 Å². The molecule has 2 aromatic carbocycles. The molecule has 0 saturated heterocycles. The van der Waals surface area contributed by atoms with Crippen molar-refractivity contribution in [2.24, 2.45) is 5.92 Å². The van der Waals surface area contributed by atoms with Crippen molar-refractivity contribution in [2.45, 2.75) is 13.3 Å². The number of benzene rings is 2. The summed E-state index contributed by atoms with van der Waals surface area (Å²) in [4.78, 5) is 10.8. The lowest BCUT2D eigenvalue weighted by Gasteiger charge is -2.10. The lowest BCUT2D eigenvalue weighted by Crippen LogP contribution is -2.13. The zero-order valence-corrected chi connectivity index (χ0v) is 10.9. The maximum atomic E-state index is 13.7. The van der Waals surface area contributed by atoms with Gasteiger partial charge in [-0.15, -0.1) is 0 Å². The Kier molecular flexibility index (Phi) is 4.13. The van der Waals surface area contributed by atoms with E-state index in [0.717, 1.165) is 11.1 Å². The van der Waals surface area contributed by atoms with Gasteiger partial charge >= 0.3 is 5.97 Å². The quantitative estimate of drug-likeness (QED) is 0.919. The highest BCUT2D eigenvalue weighted by Gasteiger charge is 2.15. The molecule has 1 unspecified atom stereocenters. The molecule has 0 amide bonds. The van der Waals surface area contributed by atoms with Gasteiger partial charge in [0.2, 0.25) is 0 Å². The van der Waals surface area contributed by atoms with E-state index in [1.54, 1.807) is 24.3 Å². The number of hydrogen-bond acceptors (Lipinski definition) is 1. The molecule has 0 spiro atoms. The van der Waals surface area contributed by atoms with Gasteiger partial charge in [-0.25, -0.2) is 8.78 Å². The van der Waals surface area contributed by atoms with Crippen LogP contribution in [0.1, 0.15) is 12.5 Å². The summed E-state index contributed by atoms with van der Waals surface area (Å²) < 4.78 is 26.6. The van der Waals surface area contributed by atoms with E-state index in [2.05, 4.69) is 0 Å². The molecular weight excluding hydrogens is 262 g/mol. The highest BCUT2D eigenvalue weighted by Crippen LogP contribution is 2.24. The van der Waals surface area contributed by atoms with Crippen LogP contribution in [0.2, 0.25) is 0 Å². The first-order chi connectivity index (χ1) is 9.47. The van der Waals surface area contributed by atoms with E-state index in [1.165, 1.54) is 25.1 Å². The van der Waals surface area contributed by atoms with Gasteiger partial charge in [-0.05, 0) is 47.4 Å². The van der Waals surface area contributed by atoms with Gasteiger partial charge in [-0.2, -0.15) is 0 Å². The molecule has 4 heteroatoms. The molecule has 1 N–H and O–H groups in total. The third-order valence-electron chi connectivity index (χ3n) is 3.17. The van der Waals surface area contributed by atoms with Crippen molar-refractivity contribution in [1.29, 1.82) is 0 Å². The fourth-order valence-corrected chi connectivity index (χ4v) is 1.97. The first-order valence-electron chi connectivity index (χ1n) is 6.24. The van der Waals surface area contributed by atoms with Crippen molar-refractivity contribution in [2.75, 3.05) is 0 Å². The molecule has 104 valence electrons. The second kappa shape index (κ2) is 5.82. The fourth-order valence-electron chi connectivity index (χ4n) is 1.97. The van der Waals surface area contributed by atoms with Crippen LogP contribution >= 0.6 is 0 Å². The molecule has 0 fully saturated rings. The molecule has 0 aromatic heterocycles. The lowest BCUT2D eigenvalue weighted by molar-refractivity contribution is -0.141. The van der Waals surface area contributed by atoms with Crippen LogP contribution in [-0.2, 0) is 11.2 Å². The zero-order valence-electron chi connectivity index (χ0n) is 10.9. The summed E-state index contributed by atoms with van der Waals surface area (Å²) in [7, 11) is 0. The van der Waals surface area contributed by atoms with Crippen LogP contribution in [0.25, 0.3) is 11.1 Å². The van der Waals surface area contributed by atoms with E-state index in [9.17, 15) is 13.6 Å². The SMILES string of the molecule is CC(Cc1cc(-c2ccc(F)cc2)ccc1F)C(=O)O. The molecule has 0 aliphatic rings. The van der Waals surface area contributed by atoms with Gasteiger partial charge in [-0.1, -0.05) is 25.1 Å². The third kappa shape index (κ3) is 3.20. The van der Waals surface area contributed by atoms with Gasteiger partial charge in [0.25, 0.3) is 0 Å². The first kappa shape index (κ1) is 14.2. The van der Waals surface area contributed by atoms with Crippen molar-refractivity contribution in [1.82, 2.24) is 0 Å². The molecule has 0 saturated carbocycles. The van der Waals surface area contributed by atoms with Crippen molar-refractivity contribution < 1.29 is 18.7 Å². The molecule has 2 aromatic rings. The summed E-state index contributed by atoms with van der Waals surface area (Å²) in [6.07, 6.45) is 0.121. The molecular formula is C16H14F2O2. The molecule has 0 aliphatic heterocycles. The van der Waals surface area contributed by atoms with Crippen LogP contribution in [0.15, 0.2) is 42.5 Å². The minimum absolute atomic E-state index is 0.121. The van der Waals surface area contributed by atoms with Crippen LogP contribution in [-0.4, -0.2) is 11.1 Å². The normalized spacial score (nSPS) is 12.2.